The zero-order chi connectivity index (χ0) is 13.5. The number of anilines is 1. The largest absolute Gasteiger partial charge is 0.472 e. The summed E-state index contributed by atoms with van der Waals surface area (Å²) in [5, 5.41) is 5.06. The molecule has 2 aromatic rings. The molecule has 2 rings (SSSR count). The molecular weight excluding hydrogens is 244 g/mol. The number of amides is 2. The van der Waals surface area contributed by atoms with E-state index in [2.05, 4.69) is 10.6 Å². The summed E-state index contributed by atoms with van der Waals surface area (Å²) in [5.41, 5.74) is 1.57. The van der Waals surface area contributed by atoms with E-state index in [1.807, 2.05) is 12.1 Å². The Balaban J connectivity index is 1.75. The quantitative estimate of drug-likeness (QED) is 0.818. The van der Waals surface area contributed by atoms with Gasteiger partial charge in [-0.25, -0.2) is 0 Å². The Morgan fingerprint density at radius 1 is 1.05 bits per heavy atom. The maximum atomic E-state index is 11.6. The second-order valence-electron chi connectivity index (χ2n) is 3.96. The molecule has 0 fully saturated rings. The molecule has 0 aliphatic heterocycles. The van der Waals surface area contributed by atoms with Gasteiger partial charge in [-0.2, -0.15) is 0 Å². The number of hydrogen-bond donors (Lipinski definition) is 2. The second-order valence-corrected chi connectivity index (χ2v) is 3.96. The average Bonchev–Trinajstić information content (AvgIpc) is 2.93. The molecule has 0 aliphatic carbocycles. The number of benzene rings is 1. The standard InChI is InChI=1S/C14H14N2O3/c17-13(15-8-6-11-7-9-19-10-11)14(18)16-12-4-2-1-3-5-12/h1-5,7,9-10H,6,8H2,(H,15,17)(H,16,18). The van der Waals surface area contributed by atoms with Gasteiger partial charge in [0.2, 0.25) is 0 Å². The lowest BCUT2D eigenvalue weighted by Crippen LogP contribution is -2.36. The topological polar surface area (TPSA) is 71.3 Å². The molecule has 1 heterocycles. The maximum Gasteiger partial charge on any atom is 0.313 e. The fourth-order valence-corrected chi connectivity index (χ4v) is 1.54. The van der Waals surface area contributed by atoms with Crippen LogP contribution >= 0.6 is 0 Å². The van der Waals surface area contributed by atoms with Crippen molar-refractivity contribution >= 4 is 17.5 Å². The van der Waals surface area contributed by atoms with Gasteiger partial charge in [0.1, 0.15) is 0 Å². The van der Waals surface area contributed by atoms with Crippen molar-refractivity contribution in [2.75, 3.05) is 11.9 Å². The number of hydrogen-bond acceptors (Lipinski definition) is 3. The smallest absolute Gasteiger partial charge is 0.313 e. The lowest BCUT2D eigenvalue weighted by molar-refractivity contribution is -0.136. The molecule has 0 radical (unpaired) electrons. The first kappa shape index (κ1) is 12.9. The lowest BCUT2D eigenvalue weighted by atomic mass is 10.2. The van der Waals surface area contributed by atoms with Crippen LogP contribution in [0.2, 0.25) is 0 Å². The minimum Gasteiger partial charge on any atom is -0.472 e. The SMILES string of the molecule is O=C(NCCc1ccoc1)C(=O)Nc1ccccc1. The molecule has 0 spiro atoms. The van der Waals surface area contributed by atoms with Crippen molar-refractivity contribution in [3.05, 3.63) is 54.5 Å². The van der Waals surface area contributed by atoms with Gasteiger partial charge in [-0.15, -0.1) is 0 Å². The highest BCUT2D eigenvalue weighted by atomic mass is 16.3. The van der Waals surface area contributed by atoms with Crippen molar-refractivity contribution in [1.29, 1.82) is 0 Å². The van der Waals surface area contributed by atoms with E-state index in [0.717, 1.165) is 5.56 Å². The molecule has 2 amide bonds. The van der Waals surface area contributed by atoms with Gasteiger partial charge in [0.25, 0.3) is 0 Å². The van der Waals surface area contributed by atoms with Crippen LogP contribution in [0.15, 0.2) is 53.3 Å². The molecule has 1 aromatic carbocycles. The zero-order valence-electron chi connectivity index (χ0n) is 10.3. The van der Waals surface area contributed by atoms with Gasteiger partial charge < -0.3 is 15.1 Å². The summed E-state index contributed by atoms with van der Waals surface area (Å²) in [6, 6.07) is 10.7. The van der Waals surface area contributed by atoms with Crippen LogP contribution in [0.5, 0.6) is 0 Å². The molecule has 0 atom stereocenters. The van der Waals surface area contributed by atoms with Crippen molar-refractivity contribution in [3.63, 3.8) is 0 Å². The lowest BCUT2D eigenvalue weighted by Gasteiger charge is -2.05. The molecular formula is C14H14N2O3. The Kier molecular flexibility index (Phi) is 4.34. The van der Waals surface area contributed by atoms with Crippen molar-refractivity contribution < 1.29 is 14.0 Å². The van der Waals surface area contributed by atoms with E-state index < -0.39 is 11.8 Å². The van der Waals surface area contributed by atoms with E-state index in [9.17, 15) is 9.59 Å². The van der Waals surface area contributed by atoms with Crippen molar-refractivity contribution in [2.45, 2.75) is 6.42 Å². The molecule has 0 unspecified atom stereocenters. The van der Waals surface area contributed by atoms with E-state index in [1.165, 1.54) is 0 Å². The normalized spacial score (nSPS) is 9.89. The molecule has 0 aliphatic rings. The third kappa shape index (κ3) is 3.99. The molecule has 98 valence electrons. The Bertz CT molecular complexity index is 535. The van der Waals surface area contributed by atoms with Gasteiger partial charge in [-0.1, -0.05) is 18.2 Å². The van der Waals surface area contributed by atoms with Crippen LogP contribution in [-0.2, 0) is 16.0 Å². The van der Waals surface area contributed by atoms with Crippen LogP contribution in [0.25, 0.3) is 0 Å². The van der Waals surface area contributed by atoms with E-state index in [0.29, 0.717) is 18.7 Å². The van der Waals surface area contributed by atoms with Crippen LogP contribution in [-0.4, -0.2) is 18.4 Å². The molecule has 5 nitrogen and oxygen atoms in total. The van der Waals surface area contributed by atoms with Crippen LogP contribution in [0, 0.1) is 0 Å². The Morgan fingerprint density at radius 2 is 1.84 bits per heavy atom. The van der Waals surface area contributed by atoms with Crippen LogP contribution in [0.1, 0.15) is 5.56 Å². The Labute approximate surface area is 110 Å². The van der Waals surface area contributed by atoms with Crippen LogP contribution in [0.3, 0.4) is 0 Å². The first-order chi connectivity index (χ1) is 9.25. The number of carbonyl (C=O) groups excluding carboxylic acids is 2. The van der Waals surface area contributed by atoms with Crippen LogP contribution in [0.4, 0.5) is 5.69 Å². The summed E-state index contributed by atoms with van der Waals surface area (Å²) >= 11 is 0. The molecule has 5 heteroatoms. The van der Waals surface area contributed by atoms with E-state index in [-0.39, 0.29) is 0 Å². The van der Waals surface area contributed by atoms with Gasteiger partial charge in [0, 0.05) is 12.2 Å². The Morgan fingerprint density at radius 3 is 2.53 bits per heavy atom. The highest BCUT2D eigenvalue weighted by Gasteiger charge is 2.12. The van der Waals surface area contributed by atoms with Gasteiger partial charge in [0.15, 0.2) is 0 Å². The van der Waals surface area contributed by atoms with Crippen molar-refractivity contribution in [2.24, 2.45) is 0 Å². The molecule has 1 aromatic heterocycles. The summed E-state index contributed by atoms with van der Waals surface area (Å²) < 4.78 is 4.91. The summed E-state index contributed by atoms with van der Waals surface area (Å²) in [6.07, 6.45) is 3.80. The highest BCUT2D eigenvalue weighted by Crippen LogP contribution is 2.04. The van der Waals surface area contributed by atoms with Crippen molar-refractivity contribution in [3.8, 4) is 0 Å². The fraction of sp³-hybridized carbons (Fsp3) is 0.143. The molecule has 19 heavy (non-hydrogen) atoms. The molecule has 2 N–H and O–H groups in total. The monoisotopic (exact) mass is 258 g/mol. The van der Waals surface area contributed by atoms with E-state index >= 15 is 0 Å². The van der Waals surface area contributed by atoms with E-state index in [1.54, 1.807) is 36.8 Å². The molecule has 0 saturated heterocycles. The number of carbonyl (C=O) groups is 2. The predicted octanol–water partition coefficient (Wildman–Crippen LogP) is 1.58. The predicted molar refractivity (Wildman–Crippen MR) is 70.5 cm³/mol. The summed E-state index contributed by atoms with van der Waals surface area (Å²) in [4.78, 5) is 23.1. The van der Waals surface area contributed by atoms with Gasteiger partial charge in [0.05, 0.1) is 12.5 Å². The second kappa shape index (κ2) is 6.39. The zero-order valence-corrected chi connectivity index (χ0v) is 10.3. The minimum atomic E-state index is -0.668. The third-order valence-corrected chi connectivity index (χ3v) is 2.52. The van der Waals surface area contributed by atoms with Crippen molar-refractivity contribution in [1.82, 2.24) is 5.32 Å². The number of furan rings is 1. The number of rotatable bonds is 4. The number of para-hydroxylation sites is 1. The summed E-state index contributed by atoms with van der Waals surface area (Å²) in [7, 11) is 0. The summed E-state index contributed by atoms with van der Waals surface area (Å²) in [6.45, 7) is 0.389. The van der Waals surface area contributed by atoms with E-state index in [4.69, 9.17) is 4.42 Å². The maximum absolute atomic E-state index is 11.6. The van der Waals surface area contributed by atoms with Gasteiger partial charge in [-0.3, -0.25) is 9.59 Å². The first-order valence-electron chi connectivity index (χ1n) is 5.91. The minimum absolute atomic E-state index is 0.389. The average molecular weight is 258 g/mol. The fourth-order valence-electron chi connectivity index (χ4n) is 1.54. The highest BCUT2D eigenvalue weighted by molar-refractivity contribution is 6.39. The molecule has 0 saturated carbocycles. The van der Waals surface area contributed by atoms with Gasteiger partial charge in [-0.05, 0) is 30.2 Å². The molecule has 0 bridgehead atoms. The van der Waals surface area contributed by atoms with Gasteiger partial charge >= 0.3 is 11.8 Å². The Hall–Kier alpha value is -2.56. The first-order valence-corrected chi connectivity index (χ1v) is 5.91. The third-order valence-electron chi connectivity index (χ3n) is 2.52. The summed E-state index contributed by atoms with van der Waals surface area (Å²) in [5.74, 6) is -1.31. The van der Waals surface area contributed by atoms with Crippen LogP contribution < -0.4 is 10.6 Å². The number of nitrogens with one attached hydrogen (secondary N) is 2.